The Balaban J connectivity index is 1.79. The summed E-state index contributed by atoms with van der Waals surface area (Å²) >= 11 is 5.55. The fourth-order valence-electron chi connectivity index (χ4n) is 2.83. The Hall–Kier alpha value is -2.85. The first-order valence-corrected chi connectivity index (χ1v) is 8.89. The molecule has 0 radical (unpaired) electrons. The van der Waals surface area contributed by atoms with Gasteiger partial charge in [-0.2, -0.15) is 0 Å². The van der Waals surface area contributed by atoms with Crippen molar-refractivity contribution >= 4 is 23.0 Å². The first-order valence-electron chi connectivity index (χ1n) is 8.49. The van der Waals surface area contributed by atoms with Gasteiger partial charge in [0, 0.05) is 5.69 Å². The molecule has 0 bridgehead atoms. The molecule has 0 spiro atoms. The molecule has 0 fully saturated rings. The minimum absolute atomic E-state index is 0.0191. The lowest BCUT2D eigenvalue weighted by molar-refractivity contribution is 0.415. The highest BCUT2D eigenvalue weighted by Crippen LogP contribution is 2.23. The van der Waals surface area contributed by atoms with E-state index < -0.39 is 0 Å². The van der Waals surface area contributed by atoms with E-state index in [-0.39, 0.29) is 6.04 Å². The van der Waals surface area contributed by atoms with Crippen LogP contribution in [0.2, 0.25) is 0 Å². The fourth-order valence-corrected chi connectivity index (χ4v) is 3.06. The summed E-state index contributed by atoms with van der Waals surface area (Å²) in [5.41, 5.74) is 4.48. The first-order chi connectivity index (χ1) is 12.7. The molecule has 0 aliphatic carbocycles. The zero-order valence-electron chi connectivity index (χ0n) is 14.9. The van der Waals surface area contributed by atoms with Gasteiger partial charge < -0.3 is 15.4 Å². The van der Waals surface area contributed by atoms with E-state index in [1.165, 1.54) is 11.1 Å². The van der Waals surface area contributed by atoms with Gasteiger partial charge in [0.05, 0.1) is 13.2 Å². The van der Waals surface area contributed by atoms with Gasteiger partial charge in [-0.05, 0) is 54.5 Å². The number of hydrogen-bond acceptors (Lipinski definition) is 2. The van der Waals surface area contributed by atoms with Gasteiger partial charge in [-0.1, -0.05) is 60.2 Å². The van der Waals surface area contributed by atoms with Gasteiger partial charge >= 0.3 is 0 Å². The molecule has 0 heterocycles. The number of thiocarbonyl (C=S) groups is 1. The second-order valence-electron chi connectivity index (χ2n) is 6.08. The highest BCUT2D eigenvalue weighted by atomic mass is 32.1. The molecule has 0 aliphatic heterocycles. The zero-order chi connectivity index (χ0) is 18.4. The Morgan fingerprint density at radius 1 is 0.885 bits per heavy atom. The van der Waals surface area contributed by atoms with Gasteiger partial charge in [0.1, 0.15) is 5.75 Å². The predicted molar refractivity (Wildman–Crippen MR) is 112 cm³/mol. The lowest BCUT2D eigenvalue weighted by Crippen LogP contribution is -2.33. The number of aryl methyl sites for hydroxylation is 1. The number of rotatable bonds is 5. The molecule has 1 atom stereocenters. The standard InChI is InChI=1S/C22H22N2OS/c1-16-7-6-10-18(15-16)21(17-8-4-3-5-9-17)24-22(26)23-19-11-13-20(25-2)14-12-19/h3-15,21H,1-2H3,(H2,23,24,26)/t21-/m0/s1. The van der Waals surface area contributed by atoms with Crippen LogP contribution in [0.4, 0.5) is 5.69 Å². The van der Waals surface area contributed by atoms with Crippen molar-refractivity contribution in [1.29, 1.82) is 0 Å². The molecule has 4 heteroatoms. The molecule has 3 rings (SSSR count). The molecule has 26 heavy (non-hydrogen) atoms. The maximum Gasteiger partial charge on any atom is 0.171 e. The second kappa shape index (κ2) is 8.50. The van der Waals surface area contributed by atoms with Crippen LogP contribution in [0.1, 0.15) is 22.7 Å². The van der Waals surface area contributed by atoms with Crippen LogP contribution in [0.15, 0.2) is 78.9 Å². The molecule has 0 aromatic heterocycles. The third-order valence-electron chi connectivity index (χ3n) is 4.13. The summed E-state index contributed by atoms with van der Waals surface area (Å²) in [5.74, 6) is 0.816. The molecule has 3 nitrogen and oxygen atoms in total. The molecular formula is C22H22N2OS. The van der Waals surface area contributed by atoms with Gasteiger partial charge in [0.25, 0.3) is 0 Å². The Labute approximate surface area is 160 Å². The van der Waals surface area contributed by atoms with Crippen LogP contribution < -0.4 is 15.4 Å². The number of nitrogens with one attached hydrogen (secondary N) is 2. The van der Waals surface area contributed by atoms with Gasteiger partial charge in [-0.15, -0.1) is 0 Å². The molecule has 2 N–H and O–H groups in total. The molecule has 0 saturated carbocycles. The fraction of sp³-hybridized carbons (Fsp3) is 0.136. The van der Waals surface area contributed by atoms with Crippen molar-refractivity contribution in [3.8, 4) is 5.75 Å². The molecule has 0 unspecified atom stereocenters. The van der Waals surface area contributed by atoms with Gasteiger partial charge in [-0.25, -0.2) is 0 Å². The van der Waals surface area contributed by atoms with Crippen LogP contribution in [0.25, 0.3) is 0 Å². The van der Waals surface area contributed by atoms with Crippen molar-refractivity contribution in [2.75, 3.05) is 12.4 Å². The number of anilines is 1. The monoisotopic (exact) mass is 362 g/mol. The largest absolute Gasteiger partial charge is 0.497 e. The van der Waals surface area contributed by atoms with Crippen LogP contribution in [0.3, 0.4) is 0 Å². The number of ether oxygens (including phenoxy) is 1. The molecular weight excluding hydrogens is 340 g/mol. The maximum absolute atomic E-state index is 5.55. The second-order valence-corrected chi connectivity index (χ2v) is 6.49. The average molecular weight is 362 g/mol. The third-order valence-corrected chi connectivity index (χ3v) is 4.35. The summed E-state index contributed by atoms with van der Waals surface area (Å²) < 4.78 is 5.19. The lowest BCUT2D eigenvalue weighted by atomic mass is 9.97. The van der Waals surface area contributed by atoms with E-state index >= 15 is 0 Å². The van der Waals surface area contributed by atoms with Crippen molar-refractivity contribution in [1.82, 2.24) is 5.32 Å². The van der Waals surface area contributed by atoms with Gasteiger partial charge in [0.2, 0.25) is 0 Å². The van der Waals surface area contributed by atoms with Crippen LogP contribution in [0.5, 0.6) is 5.75 Å². The Morgan fingerprint density at radius 3 is 2.23 bits per heavy atom. The third kappa shape index (κ3) is 4.61. The lowest BCUT2D eigenvalue weighted by Gasteiger charge is -2.22. The summed E-state index contributed by atoms with van der Waals surface area (Å²) in [4.78, 5) is 0. The van der Waals surface area contributed by atoms with E-state index in [1.54, 1.807) is 7.11 Å². The van der Waals surface area contributed by atoms with Gasteiger partial charge in [0.15, 0.2) is 5.11 Å². The molecule has 0 aliphatic rings. The average Bonchev–Trinajstić information content (AvgIpc) is 2.67. The Bertz CT molecular complexity index is 863. The molecule has 0 amide bonds. The van der Waals surface area contributed by atoms with E-state index in [0.29, 0.717) is 5.11 Å². The Morgan fingerprint density at radius 2 is 1.58 bits per heavy atom. The van der Waals surface area contributed by atoms with Crippen LogP contribution >= 0.6 is 12.2 Å². The van der Waals surface area contributed by atoms with E-state index in [4.69, 9.17) is 17.0 Å². The quantitative estimate of drug-likeness (QED) is 0.620. The van der Waals surface area contributed by atoms with Crippen LogP contribution in [-0.4, -0.2) is 12.2 Å². The first kappa shape index (κ1) is 18.0. The van der Waals surface area contributed by atoms with E-state index in [2.05, 4.69) is 54.0 Å². The van der Waals surface area contributed by atoms with E-state index in [9.17, 15) is 0 Å². The normalized spacial score (nSPS) is 11.5. The summed E-state index contributed by atoms with van der Waals surface area (Å²) in [6.45, 7) is 2.10. The minimum Gasteiger partial charge on any atom is -0.497 e. The smallest absolute Gasteiger partial charge is 0.171 e. The maximum atomic E-state index is 5.55. The molecule has 3 aromatic rings. The van der Waals surface area contributed by atoms with Crippen LogP contribution in [-0.2, 0) is 0 Å². The number of methoxy groups -OCH3 is 1. The summed E-state index contributed by atoms with van der Waals surface area (Å²) in [6, 6.07) is 26.5. The van der Waals surface area contributed by atoms with Gasteiger partial charge in [-0.3, -0.25) is 0 Å². The molecule has 0 saturated heterocycles. The van der Waals surface area contributed by atoms with Crippen LogP contribution in [0, 0.1) is 6.92 Å². The van der Waals surface area contributed by atoms with E-state index in [0.717, 1.165) is 17.0 Å². The van der Waals surface area contributed by atoms with Crippen molar-refractivity contribution < 1.29 is 4.74 Å². The number of benzene rings is 3. The summed E-state index contributed by atoms with van der Waals surface area (Å²) in [5, 5.41) is 7.26. The topological polar surface area (TPSA) is 33.3 Å². The minimum atomic E-state index is -0.0191. The van der Waals surface area contributed by atoms with Crippen molar-refractivity contribution in [3.63, 3.8) is 0 Å². The summed E-state index contributed by atoms with van der Waals surface area (Å²) in [6.07, 6.45) is 0. The highest BCUT2D eigenvalue weighted by Gasteiger charge is 2.15. The highest BCUT2D eigenvalue weighted by molar-refractivity contribution is 7.80. The zero-order valence-corrected chi connectivity index (χ0v) is 15.7. The SMILES string of the molecule is COc1ccc(NC(=S)N[C@@H](c2ccccc2)c2cccc(C)c2)cc1. The predicted octanol–water partition coefficient (Wildman–Crippen LogP) is 5.08. The molecule has 3 aromatic carbocycles. The number of hydrogen-bond donors (Lipinski definition) is 2. The Kier molecular flexibility index (Phi) is 5.87. The van der Waals surface area contributed by atoms with Crippen molar-refractivity contribution in [2.45, 2.75) is 13.0 Å². The summed E-state index contributed by atoms with van der Waals surface area (Å²) in [7, 11) is 1.65. The van der Waals surface area contributed by atoms with E-state index in [1.807, 2.05) is 42.5 Å². The van der Waals surface area contributed by atoms with Crippen molar-refractivity contribution in [2.24, 2.45) is 0 Å². The molecule has 132 valence electrons. The van der Waals surface area contributed by atoms with Crippen molar-refractivity contribution in [3.05, 3.63) is 95.6 Å².